The van der Waals surface area contributed by atoms with E-state index in [0.29, 0.717) is 16.9 Å². The van der Waals surface area contributed by atoms with Gasteiger partial charge in [0.25, 0.3) is 0 Å². The quantitative estimate of drug-likeness (QED) is 0.692. The molecule has 2 aromatic rings. The molecule has 5 heteroatoms. The van der Waals surface area contributed by atoms with Gasteiger partial charge in [-0.25, -0.2) is 9.18 Å². The molecule has 0 unspecified atom stereocenters. The summed E-state index contributed by atoms with van der Waals surface area (Å²) in [5.74, 6) is -0.746. The number of nitrogens with two attached hydrogens (primary N) is 1. The Morgan fingerprint density at radius 1 is 1.24 bits per heavy atom. The number of rotatable bonds is 4. The van der Waals surface area contributed by atoms with Gasteiger partial charge in [0, 0.05) is 18.4 Å². The van der Waals surface area contributed by atoms with Crippen LogP contribution in [0.25, 0.3) is 0 Å². The summed E-state index contributed by atoms with van der Waals surface area (Å²) in [7, 11) is 1.79. The lowest BCUT2D eigenvalue weighted by Gasteiger charge is -2.22. The van der Waals surface area contributed by atoms with Gasteiger partial charge in [0.05, 0.1) is 17.9 Å². The Labute approximate surface area is 122 Å². The van der Waals surface area contributed by atoms with Crippen molar-refractivity contribution in [2.45, 2.75) is 6.92 Å². The van der Waals surface area contributed by atoms with Crippen LogP contribution in [0.5, 0.6) is 0 Å². The summed E-state index contributed by atoms with van der Waals surface area (Å²) < 4.78 is 18.1. The molecule has 0 aliphatic carbocycles. The smallest absolute Gasteiger partial charge is 0.340 e. The summed E-state index contributed by atoms with van der Waals surface area (Å²) in [5, 5.41) is 0. The zero-order chi connectivity index (χ0) is 15.4. The number of benzene rings is 2. The summed E-state index contributed by atoms with van der Waals surface area (Å²) in [6, 6.07) is 11.0. The topological polar surface area (TPSA) is 55.6 Å². The molecule has 21 heavy (non-hydrogen) atoms. The molecule has 0 fully saturated rings. The molecule has 0 amide bonds. The second-order valence-corrected chi connectivity index (χ2v) is 4.53. The van der Waals surface area contributed by atoms with Gasteiger partial charge in [0.2, 0.25) is 0 Å². The molecule has 0 atom stereocenters. The van der Waals surface area contributed by atoms with Gasteiger partial charge in [-0.1, -0.05) is 0 Å². The van der Waals surface area contributed by atoms with Crippen LogP contribution < -0.4 is 10.6 Å². The van der Waals surface area contributed by atoms with Gasteiger partial charge < -0.3 is 15.4 Å². The Hall–Kier alpha value is -2.56. The first kappa shape index (κ1) is 14.8. The Balaban J connectivity index is 2.42. The summed E-state index contributed by atoms with van der Waals surface area (Å²) in [5.41, 5.74) is 8.01. The van der Waals surface area contributed by atoms with E-state index in [0.717, 1.165) is 5.69 Å². The molecular formula is C16H17FN2O2. The number of carbonyl (C=O) groups is 1. The summed E-state index contributed by atoms with van der Waals surface area (Å²) in [6.45, 7) is 2.03. The molecule has 4 nitrogen and oxygen atoms in total. The average Bonchev–Trinajstić information content (AvgIpc) is 2.47. The minimum atomic E-state index is -0.436. The fourth-order valence-electron chi connectivity index (χ4n) is 2.02. The maximum Gasteiger partial charge on any atom is 0.340 e. The fraction of sp³-hybridized carbons (Fsp3) is 0.188. The number of nitrogen functional groups attached to an aromatic ring is 1. The number of nitrogens with zero attached hydrogens (tertiary/aromatic N) is 1. The number of hydrogen-bond acceptors (Lipinski definition) is 4. The van der Waals surface area contributed by atoms with Crippen molar-refractivity contribution in [1.29, 1.82) is 0 Å². The van der Waals surface area contributed by atoms with Crippen molar-refractivity contribution in [3.8, 4) is 0 Å². The number of ether oxygens (including phenoxy) is 1. The molecule has 0 aliphatic heterocycles. The average molecular weight is 288 g/mol. The van der Waals surface area contributed by atoms with E-state index < -0.39 is 5.97 Å². The lowest BCUT2D eigenvalue weighted by molar-refractivity contribution is 0.0527. The highest BCUT2D eigenvalue weighted by Crippen LogP contribution is 2.29. The number of esters is 1. The van der Waals surface area contributed by atoms with E-state index in [9.17, 15) is 9.18 Å². The molecule has 0 saturated heterocycles. The minimum absolute atomic E-state index is 0.285. The predicted molar refractivity (Wildman–Crippen MR) is 81.3 cm³/mol. The van der Waals surface area contributed by atoms with E-state index in [2.05, 4.69) is 0 Å². The van der Waals surface area contributed by atoms with E-state index in [1.54, 1.807) is 49.2 Å². The van der Waals surface area contributed by atoms with Crippen molar-refractivity contribution < 1.29 is 13.9 Å². The standard InChI is InChI=1S/C16H17FN2O2/c1-3-21-16(20)14-10-12(18)6-9-15(14)19(2)13-7-4-11(17)5-8-13/h4-10H,3,18H2,1-2H3. The summed E-state index contributed by atoms with van der Waals surface area (Å²) in [6.07, 6.45) is 0. The van der Waals surface area contributed by atoms with Crippen molar-refractivity contribution >= 4 is 23.0 Å². The highest BCUT2D eigenvalue weighted by molar-refractivity contribution is 5.98. The zero-order valence-electron chi connectivity index (χ0n) is 12.0. The molecule has 0 radical (unpaired) electrons. The Morgan fingerprint density at radius 2 is 1.90 bits per heavy atom. The van der Waals surface area contributed by atoms with E-state index in [4.69, 9.17) is 10.5 Å². The van der Waals surface area contributed by atoms with Gasteiger partial charge >= 0.3 is 5.97 Å². The van der Waals surface area contributed by atoms with Crippen molar-refractivity contribution in [3.05, 3.63) is 53.8 Å². The molecule has 0 spiro atoms. The molecule has 2 aromatic carbocycles. The fourth-order valence-corrected chi connectivity index (χ4v) is 2.02. The third kappa shape index (κ3) is 3.31. The van der Waals surface area contributed by atoms with Crippen molar-refractivity contribution in [1.82, 2.24) is 0 Å². The van der Waals surface area contributed by atoms with Crippen molar-refractivity contribution in [2.75, 3.05) is 24.3 Å². The largest absolute Gasteiger partial charge is 0.462 e. The van der Waals surface area contributed by atoms with Crippen molar-refractivity contribution in [2.24, 2.45) is 0 Å². The predicted octanol–water partition coefficient (Wildman–Crippen LogP) is 3.35. The number of carbonyl (C=O) groups excluding carboxylic acids is 1. The van der Waals surface area contributed by atoms with Gasteiger partial charge in [-0.3, -0.25) is 0 Å². The second-order valence-electron chi connectivity index (χ2n) is 4.53. The number of halogens is 1. The van der Waals surface area contributed by atoms with Crippen LogP contribution in [0.1, 0.15) is 17.3 Å². The molecule has 0 saturated carbocycles. The van der Waals surface area contributed by atoms with Crippen LogP contribution in [0.15, 0.2) is 42.5 Å². The Kier molecular flexibility index (Phi) is 4.42. The van der Waals surface area contributed by atoms with Gasteiger partial charge in [-0.15, -0.1) is 0 Å². The molecule has 0 aliphatic rings. The monoisotopic (exact) mass is 288 g/mol. The Bertz CT molecular complexity index is 641. The minimum Gasteiger partial charge on any atom is -0.462 e. The lowest BCUT2D eigenvalue weighted by Crippen LogP contribution is -2.16. The Morgan fingerprint density at radius 3 is 2.52 bits per heavy atom. The summed E-state index contributed by atoms with van der Waals surface area (Å²) in [4.78, 5) is 13.8. The third-order valence-electron chi connectivity index (χ3n) is 3.09. The van der Waals surface area contributed by atoms with Crippen molar-refractivity contribution in [3.63, 3.8) is 0 Å². The van der Waals surface area contributed by atoms with E-state index >= 15 is 0 Å². The molecule has 0 bridgehead atoms. The maximum atomic E-state index is 13.0. The SMILES string of the molecule is CCOC(=O)c1cc(N)ccc1N(C)c1ccc(F)cc1. The van der Waals surface area contributed by atoms with Crippen LogP contribution in [0.4, 0.5) is 21.5 Å². The number of anilines is 3. The van der Waals surface area contributed by atoms with Gasteiger partial charge in [-0.05, 0) is 49.4 Å². The van der Waals surface area contributed by atoms with Crippen LogP contribution in [0, 0.1) is 5.82 Å². The second kappa shape index (κ2) is 6.26. The first-order valence-electron chi connectivity index (χ1n) is 6.59. The molecule has 2 N–H and O–H groups in total. The van der Waals surface area contributed by atoms with Crippen LogP contribution in [0.3, 0.4) is 0 Å². The van der Waals surface area contributed by atoms with Gasteiger partial charge in [0.15, 0.2) is 0 Å². The maximum absolute atomic E-state index is 13.0. The van der Waals surface area contributed by atoms with Crippen LogP contribution in [-0.4, -0.2) is 19.6 Å². The first-order chi connectivity index (χ1) is 10.0. The third-order valence-corrected chi connectivity index (χ3v) is 3.09. The van der Waals surface area contributed by atoms with Crippen LogP contribution >= 0.6 is 0 Å². The van der Waals surface area contributed by atoms with Crippen LogP contribution in [0.2, 0.25) is 0 Å². The first-order valence-corrected chi connectivity index (χ1v) is 6.59. The summed E-state index contributed by atoms with van der Waals surface area (Å²) >= 11 is 0. The van der Waals surface area contributed by atoms with Gasteiger partial charge in [-0.2, -0.15) is 0 Å². The molecular weight excluding hydrogens is 271 g/mol. The highest BCUT2D eigenvalue weighted by atomic mass is 19.1. The van der Waals surface area contributed by atoms with E-state index in [-0.39, 0.29) is 12.4 Å². The van der Waals surface area contributed by atoms with E-state index in [1.807, 2.05) is 0 Å². The molecule has 0 aromatic heterocycles. The highest BCUT2D eigenvalue weighted by Gasteiger charge is 2.17. The zero-order valence-corrected chi connectivity index (χ0v) is 12.0. The lowest BCUT2D eigenvalue weighted by atomic mass is 10.1. The number of hydrogen-bond donors (Lipinski definition) is 1. The van der Waals surface area contributed by atoms with Gasteiger partial charge in [0.1, 0.15) is 5.82 Å². The van der Waals surface area contributed by atoms with Crippen LogP contribution in [-0.2, 0) is 4.74 Å². The van der Waals surface area contributed by atoms with E-state index in [1.165, 1.54) is 12.1 Å². The molecule has 110 valence electrons. The molecule has 0 heterocycles. The molecule has 2 rings (SSSR count). The normalized spacial score (nSPS) is 10.2.